The summed E-state index contributed by atoms with van der Waals surface area (Å²) in [5.74, 6) is 0.0334. The molecule has 5 aromatic rings. The van der Waals surface area contributed by atoms with E-state index in [4.69, 9.17) is 5.73 Å². The fraction of sp³-hybridized carbons (Fsp3) is 0.250. The van der Waals surface area contributed by atoms with Crippen LogP contribution in [0.25, 0.3) is 22.1 Å². The van der Waals surface area contributed by atoms with Crippen LogP contribution in [-0.4, -0.2) is 40.4 Å². The summed E-state index contributed by atoms with van der Waals surface area (Å²) in [4.78, 5) is 25.7. The largest absolute Gasteiger partial charge is 0.392 e. The molecular formula is C28H30N8O3. The number of anilines is 2. The quantitative estimate of drug-likeness (QED) is 0.308. The predicted octanol–water partition coefficient (Wildman–Crippen LogP) is 3.25. The van der Waals surface area contributed by atoms with Crippen molar-refractivity contribution in [2.24, 2.45) is 12.8 Å². The van der Waals surface area contributed by atoms with Gasteiger partial charge < -0.3 is 16.2 Å². The van der Waals surface area contributed by atoms with Crippen LogP contribution in [0.4, 0.5) is 11.6 Å². The van der Waals surface area contributed by atoms with Crippen molar-refractivity contribution in [1.82, 2.24) is 29.3 Å². The molecule has 0 saturated heterocycles. The number of fused-ring (bicyclic) bond motifs is 1. The maximum atomic E-state index is 13.5. The molecule has 2 aromatic carbocycles. The van der Waals surface area contributed by atoms with Gasteiger partial charge >= 0.3 is 0 Å². The summed E-state index contributed by atoms with van der Waals surface area (Å²) < 4.78 is 4.40. The summed E-state index contributed by atoms with van der Waals surface area (Å²) >= 11 is 0. The molecular weight excluding hydrogens is 496 g/mol. The maximum absolute atomic E-state index is 13.5. The van der Waals surface area contributed by atoms with Crippen molar-refractivity contribution < 1.29 is 9.90 Å². The number of hydrogen-bond donors (Lipinski definition) is 3. The number of carbonyl (C=O) groups is 1. The highest BCUT2D eigenvalue weighted by Gasteiger charge is 2.21. The average Bonchev–Trinajstić information content (AvgIpc) is 3.45. The van der Waals surface area contributed by atoms with Crippen LogP contribution in [0.2, 0.25) is 0 Å². The standard InChI is InChI=1S/C28H30N8O3/c1-16-11-24(32-34(16)5)31-26-20(25(29)38)14-35(33-26)22-7-6-8-23(21(22)15-37)36-27(39)19-10-9-18(28(2,3)4)12-17(19)13-30-36/h6-14,37H,15H2,1-5H3,(H2,29,38)(H,31,32,33). The summed E-state index contributed by atoms with van der Waals surface area (Å²) in [6.07, 6.45) is 3.12. The van der Waals surface area contributed by atoms with Crippen LogP contribution >= 0.6 is 0 Å². The van der Waals surface area contributed by atoms with Crippen molar-refractivity contribution >= 4 is 28.3 Å². The average molecular weight is 527 g/mol. The molecule has 39 heavy (non-hydrogen) atoms. The van der Waals surface area contributed by atoms with Gasteiger partial charge in [-0.1, -0.05) is 32.9 Å². The normalized spacial score (nSPS) is 11.7. The summed E-state index contributed by atoms with van der Waals surface area (Å²) in [7, 11) is 1.80. The molecule has 0 aliphatic rings. The van der Waals surface area contributed by atoms with Gasteiger partial charge in [-0.15, -0.1) is 5.10 Å². The Kier molecular flexibility index (Phi) is 6.31. The molecule has 0 aliphatic heterocycles. The second kappa shape index (κ2) is 9.52. The molecule has 11 heteroatoms. The second-order valence-corrected chi connectivity index (χ2v) is 10.5. The minimum atomic E-state index is -0.680. The van der Waals surface area contributed by atoms with Crippen molar-refractivity contribution in [2.45, 2.75) is 39.7 Å². The zero-order valence-electron chi connectivity index (χ0n) is 22.4. The maximum Gasteiger partial charge on any atom is 0.279 e. The molecule has 0 bridgehead atoms. The van der Waals surface area contributed by atoms with Gasteiger partial charge in [0.2, 0.25) is 0 Å². The molecule has 11 nitrogen and oxygen atoms in total. The Morgan fingerprint density at radius 1 is 1.10 bits per heavy atom. The van der Waals surface area contributed by atoms with Crippen molar-refractivity contribution in [3.05, 3.63) is 87.6 Å². The number of nitrogens with one attached hydrogen (secondary N) is 1. The lowest BCUT2D eigenvalue weighted by Crippen LogP contribution is -2.23. The van der Waals surface area contributed by atoms with Crippen molar-refractivity contribution in [2.75, 3.05) is 5.32 Å². The molecule has 1 amide bonds. The molecule has 0 spiro atoms. The lowest BCUT2D eigenvalue weighted by Gasteiger charge is -2.19. The molecule has 5 rings (SSSR count). The van der Waals surface area contributed by atoms with Crippen LogP contribution < -0.4 is 16.6 Å². The van der Waals surface area contributed by atoms with E-state index in [0.717, 1.165) is 16.6 Å². The zero-order valence-corrected chi connectivity index (χ0v) is 22.4. The first-order valence-corrected chi connectivity index (χ1v) is 12.4. The highest BCUT2D eigenvalue weighted by atomic mass is 16.3. The van der Waals surface area contributed by atoms with Crippen LogP contribution in [0.1, 0.15) is 48.0 Å². The smallest absolute Gasteiger partial charge is 0.279 e. The molecule has 0 fully saturated rings. The SMILES string of the molecule is Cc1cc(Nc2nn(-c3cccc(-n4ncc5cc(C(C)(C)C)ccc5c4=O)c3CO)cc2C(N)=O)nn1C. The monoisotopic (exact) mass is 526 g/mol. The number of rotatable bonds is 6. The number of aliphatic hydroxyl groups is 1. The van der Waals surface area contributed by atoms with Gasteiger partial charge in [0.15, 0.2) is 11.6 Å². The first-order valence-electron chi connectivity index (χ1n) is 12.4. The first kappa shape index (κ1) is 25.9. The molecule has 4 N–H and O–H groups in total. The number of aromatic nitrogens is 6. The number of hydrogen-bond acceptors (Lipinski definition) is 7. The van der Waals surface area contributed by atoms with Gasteiger partial charge in [0.25, 0.3) is 11.5 Å². The van der Waals surface area contributed by atoms with Gasteiger partial charge in [-0.05, 0) is 42.2 Å². The first-order chi connectivity index (χ1) is 18.5. The highest BCUT2D eigenvalue weighted by Crippen LogP contribution is 2.27. The molecule has 3 heterocycles. The Morgan fingerprint density at radius 3 is 2.49 bits per heavy atom. The van der Waals surface area contributed by atoms with Gasteiger partial charge in [-0.3, -0.25) is 14.3 Å². The topological polar surface area (TPSA) is 146 Å². The molecule has 0 atom stereocenters. The Balaban J connectivity index is 1.61. The number of nitrogens with zero attached hydrogens (tertiary/aromatic N) is 6. The summed E-state index contributed by atoms with van der Waals surface area (Å²) in [6, 6.07) is 12.7. The fourth-order valence-electron chi connectivity index (χ4n) is 4.44. The van der Waals surface area contributed by atoms with E-state index >= 15 is 0 Å². The molecule has 0 unspecified atom stereocenters. The van der Waals surface area contributed by atoms with E-state index in [0.29, 0.717) is 28.1 Å². The molecule has 0 saturated carbocycles. The molecule has 3 aromatic heterocycles. The van der Waals surface area contributed by atoms with Crippen LogP contribution in [0.5, 0.6) is 0 Å². The fourth-order valence-corrected chi connectivity index (χ4v) is 4.44. The summed E-state index contributed by atoms with van der Waals surface area (Å²) in [5.41, 5.74) is 8.65. The van der Waals surface area contributed by atoms with Gasteiger partial charge in [0.05, 0.1) is 29.6 Å². The molecule has 200 valence electrons. The van der Waals surface area contributed by atoms with Crippen LogP contribution in [-0.2, 0) is 19.1 Å². The third kappa shape index (κ3) is 4.68. The number of benzene rings is 2. The van der Waals surface area contributed by atoms with Crippen LogP contribution in [0, 0.1) is 6.92 Å². The van der Waals surface area contributed by atoms with Crippen molar-refractivity contribution in [3.8, 4) is 11.4 Å². The molecule has 0 radical (unpaired) electrons. The third-order valence-corrected chi connectivity index (χ3v) is 6.75. The van der Waals surface area contributed by atoms with E-state index in [2.05, 4.69) is 41.4 Å². The Labute approximate surface area is 224 Å². The number of nitrogens with two attached hydrogens (primary N) is 1. The number of aryl methyl sites for hydroxylation is 2. The van der Waals surface area contributed by atoms with Crippen molar-refractivity contribution in [3.63, 3.8) is 0 Å². The molecule has 0 aliphatic carbocycles. The lowest BCUT2D eigenvalue weighted by atomic mass is 9.86. The lowest BCUT2D eigenvalue weighted by molar-refractivity contribution is 0.100. The van der Waals surface area contributed by atoms with Gasteiger partial charge in [-0.2, -0.15) is 14.9 Å². The number of carbonyl (C=O) groups excluding carboxylic acids is 1. The zero-order chi connectivity index (χ0) is 28.1. The second-order valence-electron chi connectivity index (χ2n) is 10.5. The van der Waals surface area contributed by atoms with E-state index in [9.17, 15) is 14.7 Å². The Morgan fingerprint density at radius 2 is 1.85 bits per heavy atom. The Bertz CT molecular complexity index is 1770. The van der Waals surface area contributed by atoms with E-state index in [-0.39, 0.29) is 22.4 Å². The minimum Gasteiger partial charge on any atom is -0.392 e. The van der Waals surface area contributed by atoms with Gasteiger partial charge in [0, 0.05) is 36.0 Å². The van der Waals surface area contributed by atoms with Crippen LogP contribution in [0.3, 0.4) is 0 Å². The van der Waals surface area contributed by atoms with E-state index < -0.39 is 12.5 Å². The van der Waals surface area contributed by atoms with E-state index in [1.807, 2.05) is 31.2 Å². The number of aliphatic hydroxyl groups excluding tert-OH is 1. The van der Waals surface area contributed by atoms with Gasteiger partial charge in [0.1, 0.15) is 5.56 Å². The summed E-state index contributed by atoms with van der Waals surface area (Å²) in [5, 5.41) is 28.0. The number of amides is 1. The predicted molar refractivity (Wildman–Crippen MR) is 149 cm³/mol. The summed E-state index contributed by atoms with van der Waals surface area (Å²) in [6.45, 7) is 7.82. The van der Waals surface area contributed by atoms with Gasteiger partial charge in [-0.25, -0.2) is 4.68 Å². The van der Waals surface area contributed by atoms with E-state index in [1.54, 1.807) is 36.1 Å². The highest BCUT2D eigenvalue weighted by molar-refractivity contribution is 5.98. The minimum absolute atomic E-state index is 0.0713. The van der Waals surface area contributed by atoms with Crippen LogP contribution in [0.15, 0.2) is 59.7 Å². The van der Waals surface area contributed by atoms with E-state index in [1.165, 1.54) is 15.6 Å². The third-order valence-electron chi connectivity index (χ3n) is 6.75. The number of primary amides is 1. The Hall–Kier alpha value is -4.77. The van der Waals surface area contributed by atoms with Crippen molar-refractivity contribution in [1.29, 1.82) is 0 Å².